The molecule has 4 aromatic carbocycles. The molecule has 1 N–H and O–H groups in total. The smallest absolute Gasteiger partial charge is 0.266 e. The maximum absolute atomic E-state index is 12.9. The molecular weight excluding hydrogens is 432 g/mol. The summed E-state index contributed by atoms with van der Waals surface area (Å²) in [6.07, 6.45) is 0. The molecule has 1 heterocycles. The predicted octanol–water partition coefficient (Wildman–Crippen LogP) is 5.51. The second-order valence-electron chi connectivity index (χ2n) is 7.72. The third-order valence-corrected chi connectivity index (χ3v) is 6.54. The van der Waals surface area contributed by atoms with Gasteiger partial charge in [-0.2, -0.15) is 0 Å². The third kappa shape index (κ3) is 4.13. The van der Waals surface area contributed by atoms with Crippen LogP contribution < -0.4 is 10.2 Å². The number of amides is 3. The number of hydrogen-bond acceptors (Lipinski definition) is 4. The molecule has 6 heteroatoms. The van der Waals surface area contributed by atoms with Crippen LogP contribution in [0.15, 0.2) is 91.0 Å². The Balaban J connectivity index is 1.24. The predicted molar refractivity (Wildman–Crippen MR) is 133 cm³/mol. The van der Waals surface area contributed by atoms with Gasteiger partial charge in [0.1, 0.15) is 0 Å². The van der Waals surface area contributed by atoms with Crippen molar-refractivity contribution in [3.8, 4) is 0 Å². The highest BCUT2D eigenvalue weighted by Crippen LogP contribution is 2.30. The van der Waals surface area contributed by atoms with Crippen LogP contribution in [0.1, 0.15) is 26.3 Å². The Bertz CT molecular complexity index is 1380. The molecule has 0 aliphatic carbocycles. The summed E-state index contributed by atoms with van der Waals surface area (Å²) in [6, 6.07) is 28.0. The Labute approximate surface area is 195 Å². The van der Waals surface area contributed by atoms with Crippen molar-refractivity contribution in [3.63, 3.8) is 0 Å². The van der Waals surface area contributed by atoms with Gasteiger partial charge in [0, 0.05) is 11.4 Å². The monoisotopic (exact) mass is 452 g/mol. The molecule has 3 amide bonds. The lowest BCUT2D eigenvalue weighted by molar-refractivity contribution is -0.113. The largest absolute Gasteiger partial charge is 0.325 e. The summed E-state index contributed by atoms with van der Waals surface area (Å²) in [7, 11) is 0. The summed E-state index contributed by atoms with van der Waals surface area (Å²) < 4.78 is 0. The van der Waals surface area contributed by atoms with Gasteiger partial charge in [-0.25, -0.2) is 4.90 Å². The normalized spacial score (nSPS) is 12.8. The van der Waals surface area contributed by atoms with Gasteiger partial charge in [-0.3, -0.25) is 14.4 Å². The van der Waals surface area contributed by atoms with Gasteiger partial charge in [-0.1, -0.05) is 60.7 Å². The zero-order valence-electron chi connectivity index (χ0n) is 17.7. The van der Waals surface area contributed by atoms with Gasteiger partial charge in [-0.15, -0.1) is 11.8 Å². The van der Waals surface area contributed by atoms with Crippen LogP contribution in [0, 0.1) is 0 Å². The van der Waals surface area contributed by atoms with E-state index >= 15 is 0 Å². The number of carbonyl (C=O) groups excluding carboxylic acids is 3. The quantitative estimate of drug-likeness (QED) is 0.392. The first-order valence-corrected chi connectivity index (χ1v) is 11.7. The Kier molecular flexibility index (Phi) is 5.67. The SMILES string of the molecule is O=C(CSCc1cccc2ccccc12)Nc1ccc2c(c1)C(=O)N(c1ccccc1)C2=O. The van der Waals surface area contributed by atoms with E-state index in [9.17, 15) is 14.4 Å². The van der Waals surface area contributed by atoms with Crippen molar-refractivity contribution >= 4 is 51.6 Å². The maximum Gasteiger partial charge on any atom is 0.266 e. The molecule has 4 aromatic rings. The van der Waals surface area contributed by atoms with Crippen LogP contribution in [0.2, 0.25) is 0 Å². The molecule has 33 heavy (non-hydrogen) atoms. The van der Waals surface area contributed by atoms with Crippen molar-refractivity contribution in [1.82, 2.24) is 0 Å². The summed E-state index contributed by atoms with van der Waals surface area (Å²) in [5, 5.41) is 5.22. The van der Waals surface area contributed by atoms with Gasteiger partial charge < -0.3 is 5.32 Å². The van der Waals surface area contributed by atoms with Crippen LogP contribution in [-0.2, 0) is 10.5 Å². The van der Waals surface area contributed by atoms with Crippen molar-refractivity contribution in [2.75, 3.05) is 16.0 Å². The molecule has 0 saturated carbocycles. The number of benzene rings is 4. The lowest BCUT2D eigenvalue weighted by Gasteiger charge is -2.13. The number of rotatable bonds is 6. The topological polar surface area (TPSA) is 66.5 Å². The first-order valence-electron chi connectivity index (χ1n) is 10.5. The summed E-state index contributed by atoms with van der Waals surface area (Å²) in [5.41, 5.74) is 2.85. The molecule has 0 radical (unpaired) electrons. The van der Waals surface area contributed by atoms with Gasteiger partial charge in [0.15, 0.2) is 0 Å². The molecule has 0 unspecified atom stereocenters. The second kappa shape index (κ2) is 8.92. The number of carbonyl (C=O) groups is 3. The molecule has 0 atom stereocenters. The average Bonchev–Trinajstić information content (AvgIpc) is 3.09. The summed E-state index contributed by atoms with van der Waals surface area (Å²) in [5.74, 6) is 0.102. The van der Waals surface area contributed by atoms with Gasteiger partial charge in [0.25, 0.3) is 11.8 Å². The van der Waals surface area contributed by atoms with Crippen LogP contribution in [0.4, 0.5) is 11.4 Å². The van der Waals surface area contributed by atoms with Crippen LogP contribution in [0.25, 0.3) is 10.8 Å². The van der Waals surface area contributed by atoms with Crippen molar-refractivity contribution in [3.05, 3.63) is 108 Å². The molecule has 162 valence electrons. The van der Waals surface area contributed by atoms with Crippen LogP contribution >= 0.6 is 11.8 Å². The van der Waals surface area contributed by atoms with E-state index in [4.69, 9.17) is 0 Å². The molecule has 0 fully saturated rings. The molecular formula is C27H20N2O3S. The van der Waals surface area contributed by atoms with E-state index < -0.39 is 0 Å². The Hall–Kier alpha value is -3.90. The van der Waals surface area contributed by atoms with Crippen LogP contribution in [-0.4, -0.2) is 23.5 Å². The third-order valence-electron chi connectivity index (χ3n) is 5.56. The van der Waals surface area contributed by atoms with E-state index in [0.717, 1.165) is 10.7 Å². The standard InChI is InChI=1S/C27H20N2O3S/c30-25(17-33-16-19-9-6-8-18-7-4-5-12-22(18)19)28-20-13-14-23-24(15-20)27(32)29(26(23)31)21-10-2-1-3-11-21/h1-15H,16-17H2,(H,28,30). The average molecular weight is 453 g/mol. The number of nitrogens with zero attached hydrogens (tertiary/aromatic N) is 1. The molecule has 0 saturated heterocycles. The molecule has 0 aromatic heterocycles. The van der Waals surface area contributed by atoms with E-state index in [0.29, 0.717) is 22.5 Å². The molecule has 0 bridgehead atoms. The highest BCUT2D eigenvalue weighted by Gasteiger charge is 2.36. The fraction of sp³-hybridized carbons (Fsp3) is 0.0741. The minimum atomic E-state index is -0.386. The summed E-state index contributed by atoms with van der Waals surface area (Å²) in [6.45, 7) is 0. The highest BCUT2D eigenvalue weighted by atomic mass is 32.2. The minimum absolute atomic E-state index is 0.156. The van der Waals surface area contributed by atoms with Gasteiger partial charge >= 0.3 is 0 Å². The summed E-state index contributed by atoms with van der Waals surface area (Å²) >= 11 is 1.53. The van der Waals surface area contributed by atoms with Crippen molar-refractivity contribution in [1.29, 1.82) is 0 Å². The fourth-order valence-corrected chi connectivity index (χ4v) is 4.83. The Morgan fingerprint density at radius 1 is 0.788 bits per heavy atom. The van der Waals surface area contributed by atoms with Gasteiger partial charge in [-0.05, 0) is 46.7 Å². The first kappa shape index (κ1) is 21.0. The lowest BCUT2D eigenvalue weighted by atomic mass is 10.1. The van der Waals surface area contributed by atoms with Gasteiger partial charge in [0.2, 0.25) is 5.91 Å². The number of imide groups is 1. The molecule has 1 aliphatic rings. The number of para-hydroxylation sites is 1. The van der Waals surface area contributed by atoms with E-state index in [2.05, 4.69) is 29.6 Å². The fourth-order valence-electron chi connectivity index (χ4n) is 4.00. The zero-order valence-corrected chi connectivity index (χ0v) is 18.5. The second-order valence-corrected chi connectivity index (χ2v) is 8.71. The Morgan fingerprint density at radius 3 is 2.36 bits per heavy atom. The number of fused-ring (bicyclic) bond motifs is 2. The first-order chi connectivity index (χ1) is 16.1. The van der Waals surface area contributed by atoms with E-state index in [1.54, 1.807) is 42.5 Å². The van der Waals surface area contributed by atoms with Gasteiger partial charge in [0.05, 0.1) is 22.6 Å². The number of anilines is 2. The Morgan fingerprint density at radius 2 is 1.52 bits per heavy atom. The van der Waals surface area contributed by atoms with E-state index in [1.807, 2.05) is 24.3 Å². The van der Waals surface area contributed by atoms with E-state index in [-0.39, 0.29) is 23.5 Å². The molecule has 1 aliphatic heterocycles. The number of nitrogens with one attached hydrogen (secondary N) is 1. The van der Waals surface area contributed by atoms with Crippen LogP contribution in [0.3, 0.4) is 0 Å². The molecule has 5 nitrogen and oxygen atoms in total. The van der Waals surface area contributed by atoms with Crippen molar-refractivity contribution < 1.29 is 14.4 Å². The maximum atomic E-state index is 12.9. The van der Waals surface area contributed by atoms with E-state index in [1.165, 1.54) is 28.1 Å². The van der Waals surface area contributed by atoms with Crippen molar-refractivity contribution in [2.45, 2.75) is 5.75 Å². The molecule has 5 rings (SSSR count). The number of hydrogen-bond donors (Lipinski definition) is 1. The van der Waals surface area contributed by atoms with Crippen LogP contribution in [0.5, 0.6) is 0 Å². The minimum Gasteiger partial charge on any atom is -0.325 e. The summed E-state index contributed by atoms with van der Waals surface area (Å²) in [4.78, 5) is 39.3. The lowest BCUT2D eigenvalue weighted by Crippen LogP contribution is -2.29. The zero-order chi connectivity index (χ0) is 22.8. The molecule has 0 spiro atoms. The highest BCUT2D eigenvalue weighted by molar-refractivity contribution is 7.99. The number of thioether (sulfide) groups is 1. The van der Waals surface area contributed by atoms with Crippen molar-refractivity contribution in [2.24, 2.45) is 0 Å².